The molecule has 0 saturated heterocycles. The molecule has 3 heterocycles. The van der Waals surface area contributed by atoms with Crippen LogP contribution in [0.1, 0.15) is 52.7 Å². The highest BCUT2D eigenvalue weighted by atomic mass is 32.2. The van der Waals surface area contributed by atoms with E-state index < -0.39 is 5.97 Å². The fourth-order valence-corrected chi connectivity index (χ4v) is 5.96. The highest BCUT2D eigenvalue weighted by Gasteiger charge is 2.27. The standard InChI is InChI=1S/C22H26N4O4S2/c1-4-10-26-19(14-9-11-30-13(14)2)24-25-22(26)31-12-17(27)23-20-18(21(28)29-3)15-7-5-6-8-16(15)32-20/h9,11H,4-8,10,12H2,1-3H3,(H,23,27). The summed E-state index contributed by atoms with van der Waals surface area (Å²) < 4.78 is 12.4. The van der Waals surface area contributed by atoms with Crippen molar-refractivity contribution in [3.8, 4) is 11.4 Å². The maximum absolute atomic E-state index is 12.8. The van der Waals surface area contributed by atoms with Gasteiger partial charge in [-0.3, -0.25) is 4.79 Å². The van der Waals surface area contributed by atoms with Crippen molar-refractivity contribution in [3.63, 3.8) is 0 Å². The first-order valence-corrected chi connectivity index (χ1v) is 12.5. The van der Waals surface area contributed by atoms with E-state index in [1.54, 1.807) is 6.26 Å². The minimum Gasteiger partial charge on any atom is -0.469 e. The number of aromatic nitrogens is 3. The molecule has 1 amide bonds. The smallest absolute Gasteiger partial charge is 0.341 e. The van der Waals surface area contributed by atoms with Crippen LogP contribution in [0.4, 0.5) is 5.00 Å². The van der Waals surface area contributed by atoms with Crippen molar-refractivity contribution in [3.05, 3.63) is 34.1 Å². The molecule has 10 heteroatoms. The van der Waals surface area contributed by atoms with Crippen molar-refractivity contribution in [2.75, 3.05) is 18.2 Å². The monoisotopic (exact) mass is 474 g/mol. The summed E-state index contributed by atoms with van der Waals surface area (Å²) in [5.74, 6) is 1.09. The van der Waals surface area contributed by atoms with E-state index in [0.717, 1.165) is 61.4 Å². The van der Waals surface area contributed by atoms with Gasteiger partial charge in [0.1, 0.15) is 10.8 Å². The summed E-state index contributed by atoms with van der Waals surface area (Å²) >= 11 is 2.81. The van der Waals surface area contributed by atoms with Crippen molar-refractivity contribution in [2.24, 2.45) is 0 Å². The van der Waals surface area contributed by atoms with Gasteiger partial charge in [0.2, 0.25) is 5.91 Å². The van der Waals surface area contributed by atoms with E-state index >= 15 is 0 Å². The lowest BCUT2D eigenvalue weighted by Crippen LogP contribution is -2.17. The molecule has 0 unspecified atom stereocenters. The van der Waals surface area contributed by atoms with Crippen LogP contribution in [0.2, 0.25) is 0 Å². The first-order valence-electron chi connectivity index (χ1n) is 10.7. The number of methoxy groups -OCH3 is 1. The Kier molecular flexibility index (Phi) is 7.00. The Morgan fingerprint density at radius 1 is 1.31 bits per heavy atom. The second-order valence-electron chi connectivity index (χ2n) is 7.59. The van der Waals surface area contributed by atoms with Crippen molar-refractivity contribution >= 4 is 40.0 Å². The number of amides is 1. The fraction of sp³-hybridized carbons (Fsp3) is 0.455. The lowest BCUT2D eigenvalue weighted by molar-refractivity contribution is -0.113. The average Bonchev–Trinajstić information content (AvgIpc) is 3.48. The molecule has 1 aliphatic rings. The number of hydrogen-bond donors (Lipinski definition) is 1. The Bertz CT molecular complexity index is 1130. The van der Waals surface area contributed by atoms with Crippen LogP contribution in [0.15, 0.2) is 21.9 Å². The van der Waals surface area contributed by atoms with Crippen LogP contribution in [0.3, 0.4) is 0 Å². The third-order valence-electron chi connectivity index (χ3n) is 5.41. The Morgan fingerprint density at radius 3 is 2.84 bits per heavy atom. The van der Waals surface area contributed by atoms with E-state index in [1.165, 1.54) is 35.1 Å². The molecule has 0 saturated carbocycles. The number of rotatable bonds is 8. The summed E-state index contributed by atoms with van der Waals surface area (Å²) in [4.78, 5) is 26.3. The molecule has 0 bridgehead atoms. The molecule has 0 aromatic carbocycles. The van der Waals surface area contributed by atoms with Gasteiger partial charge in [-0.25, -0.2) is 4.79 Å². The summed E-state index contributed by atoms with van der Waals surface area (Å²) in [5.41, 5.74) is 2.44. The molecule has 3 aromatic rings. The number of ether oxygens (including phenoxy) is 1. The van der Waals surface area contributed by atoms with Crippen molar-refractivity contribution in [1.29, 1.82) is 0 Å². The van der Waals surface area contributed by atoms with Gasteiger partial charge in [-0.1, -0.05) is 18.7 Å². The summed E-state index contributed by atoms with van der Waals surface area (Å²) in [6.45, 7) is 4.71. The number of thioether (sulfide) groups is 1. The number of thiophene rings is 1. The maximum Gasteiger partial charge on any atom is 0.341 e. The SMILES string of the molecule is CCCn1c(SCC(=O)Nc2sc3c(c2C(=O)OC)CCCC3)nnc1-c1ccoc1C. The lowest BCUT2D eigenvalue weighted by Gasteiger charge is -2.11. The highest BCUT2D eigenvalue weighted by Crippen LogP contribution is 2.38. The molecule has 32 heavy (non-hydrogen) atoms. The number of anilines is 1. The van der Waals surface area contributed by atoms with E-state index in [2.05, 4.69) is 22.4 Å². The zero-order valence-electron chi connectivity index (χ0n) is 18.4. The van der Waals surface area contributed by atoms with Gasteiger partial charge in [0, 0.05) is 11.4 Å². The number of furan rings is 1. The predicted octanol–water partition coefficient (Wildman–Crippen LogP) is 4.71. The van der Waals surface area contributed by atoms with Crippen molar-refractivity contribution < 1.29 is 18.7 Å². The second-order valence-corrected chi connectivity index (χ2v) is 9.64. The van der Waals surface area contributed by atoms with E-state index in [9.17, 15) is 9.59 Å². The molecule has 0 aliphatic heterocycles. The Balaban J connectivity index is 1.50. The second kappa shape index (κ2) is 9.91. The Labute approximate surface area is 194 Å². The largest absolute Gasteiger partial charge is 0.469 e. The summed E-state index contributed by atoms with van der Waals surface area (Å²) in [5, 5.41) is 12.8. The first-order chi connectivity index (χ1) is 15.5. The van der Waals surface area contributed by atoms with Crippen molar-refractivity contribution in [1.82, 2.24) is 14.8 Å². The van der Waals surface area contributed by atoms with Gasteiger partial charge in [0.25, 0.3) is 0 Å². The van der Waals surface area contributed by atoms with Crippen LogP contribution in [0.5, 0.6) is 0 Å². The van der Waals surface area contributed by atoms with Gasteiger partial charge < -0.3 is 19.0 Å². The third kappa shape index (κ3) is 4.47. The van der Waals surface area contributed by atoms with E-state index in [-0.39, 0.29) is 11.7 Å². The number of esters is 1. The normalized spacial score (nSPS) is 13.1. The fourth-order valence-electron chi connectivity index (χ4n) is 3.90. The van der Waals surface area contributed by atoms with Gasteiger partial charge in [-0.15, -0.1) is 21.5 Å². The number of aryl methyl sites for hydroxylation is 2. The molecule has 8 nitrogen and oxygen atoms in total. The molecule has 1 aliphatic carbocycles. The summed E-state index contributed by atoms with van der Waals surface area (Å²) in [7, 11) is 1.37. The number of carbonyl (C=O) groups excluding carboxylic acids is 2. The van der Waals surface area contributed by atoms with E-state index in [4.69, 9.17) is 9.15 Å². The maximum atomic E-state index is 12.8. The number of carbonyl (C=O) groups is 2. The minimum absolute atomic E-state index is 0.162. The molecule has 170 valence electrons. The predicted molar refractivity (Wildman–Crippen MR) is 124 cm³/mol. The van der Waals surface area contributed by atoms with Crippen LogP contribution in [0, 0.1) is 6.92 Å². The molecular weight excluding hydrogens is 448 g/mol. The molecule has 4 rings (SSSR count). The van der Waals surface area contributed by atoms with Crippen LogP contribution in [-0.4, -0.2) is 39.5 Å². The number of hydrogen-bond acceptors (Lipinski definition) is 8. The van der Waals surface area contributed by atoms with Crippen LogP contribution < -0.4 is 5.32 Å². The number of nitrogens with zero attached hydrogens (tertiary/aromatic N) is 3. The molecule has 0 spiro atoms. The first kappa shape index (κ1) is 22.6. The molecule has 0 radical (unpaired) electrons. The topological polar surface area (TPSA) is 99.2 Å². The minimum atomic E-state index is -0.393. The van der Waals surface area contributed by atoms with Crippen LogP contribution in [0.25, 0.3) is 11.4 Å². The molecule has 1 N–H and O–H groups in total. The third-order valence-corrected chi connectivity index (χ3v) is 7.58. The van der Waals surface area contributed by atoms with Gasteiger partial charge >= 0.3 is 5.97 Å². The quantitative estimate of drug-likeness (QED) is 0.373. The molecule has 3 aromatic heterocycles. The summed E-state index contributed by atoms with van der Waals surface area (Å²) in [6, 6.07) is 1.87. The van der Waals surface area contributed by atoms with Gasteiger partial charge in [0.05, 0.1) is 30.3 Å². The van der Waals surface area contributed by atoms with E-state index in [0.29, 0.717) is 15.7 Å². The molecule has 0 fully saturated rings. The Hall–Kier alpha value is -2.59. The molecule has 0 atom stereocenters. The summed E-state index contributed by atoms with van der Waals surface area (Å²) in [6.07, 6.45) is 6.47. The van der Waals surface area contributed by atoms with Crippen molar-refractivity contribution in [2.45, 2.75) is 57.7 Å². The number of nitrogens with one attached hydrogen (secondary N) is 1. The zero-order valence-corrected chi connectivity index (χ0v) is 20.0. The van der Waals surface area contributed by atoms with E-state index in [1.807, 2.05) is 17.6 Å². The lowest BCUT2D eigenvalue weighted by atomic mass is 9.95. The average molecular weight is 475 g/mol. The zero-order chi connectivity index (χ0) is 22.7. The van der Waals surface area contributed by atoms with Crippen LogP contribution in [-0.2, 0) is 28.9 Å². The van der Waals surface area contributed by atoms with Gasteiger partial charge in [-0.2, -0.15) is 0 Å². The number of fused-ring (bicyclic) bond motifs is 1. The van der Waals surface area contributed by atoms with Crippen LogP contribution >= 0.6 is 23.1 Å². The van der Waals surface area contributed by atoms with Gasteiger partial charge in [0.15, 0.2) is 11.0 Å². The van der Waals surface area contributed by atoms with Gasteiger partial charge in [-0.05, 0) is 50.7 Å². The Morgan fingerprint density at radius 2 is 2.12 bits per heavy atom. The highest BCUT2D eigenvalue weighted by molar-refractivity contribution is 7.99. The molecular formula is C22H26N4O4S2.